The second-order valence-corrected chi connectivity index (χ2v) is 4.23. The van der Waals surface area contributed by atoms with Crippen molar-refractivity contribution in [2.75, 3.05) is 30.8 Å². The van der Waals surface area contributed by atoms with Gasteiger partial charge >= 0.3 is 5.69 Å². The largest absolute Gasteiger partial charge is 0.381 e. The monoisotopic (exact) mass is 253 g/mol. The number of nitrogens with zero attached hydrogens (tertiary/aromatic N) is 3. The quantitative estimate of drug-likeness (QED) is 0.599. The Morgan fingerprint density at radius 3 is 3.00 bits per heavy atom. The van der Waals surface area contributed by atoms with E-state index in [1.54, 1.807) is 6.92 Å². The highest BCUT2D eigenvalue weighted by Gasteiger charge is 2.23. The molecule has 0 amide bonds. The lowest BCUT2D eigenvalue weighted by atomic mass is 10.1. The van der Waals surface area contributed by atoms with E-state index in [4.69, 9.17) is 10.5 Å². The van der Waals surface area contributed by atoms with Gasteiger partial charge in [0.1, 0.15) is 5.69 Å². The molecular formula is C10H15N5O3. The zero-order valence-corrected chi connectivity index (χ0v) is 10.0. The zero-order valence-electron chi connectivity index (χ0n) is 10.0. The summed E-state index contributed by atoms with van der Waals surface area (Å²) in [5.74, 6) is 0.557. The molecule has 0 bridgehead atoms. The van der Waals surface area contributed by atoms with Gasteiger partial charge in [-0.05, 0) is 13.3 Å². The van der Waals surface area contributed by atoms with Crippen LogP contribution in [0.5, 0.6) is 0 Å². The highest BCUT2D eigenvalue weighted by molar-refractivity contribution is 5.60. The van der Waals surface area contributed by atoms with Gasteiger partial charge in [0.15, 0.2) is 0 Å². The molecule has 18 heavy (non-hydrogen) atoms. The maximum absolute atomic E-state index is 11.0. The first-order chi connectivity index (χ1) is 8.58. The molecule has 1 atom stereocenters. The Bertz CT molecular complexity index is 459. The molecule has 0 radical (unpaired) electrons. The lowest BCUT2D eigenvalue weighted by Crippen LogP contribution is -2.17. The number of nitro groups is 1. The number of aromatic nitrogens is 2. The molecule has 3 N–H and O–H groups in total. The van der Waals surface area contributed by atoms with E-state index in [9.17, 15) is 10.1 Å². The van der Waals surface area contributed by atoms with E-state index in [0.717, 1.165) is 13.0 Å². The molecule has 1 fully saturated rings. The molecule has 0 aromatic carbocycles. The van der Waals surface area contributed by atoms with Gasteiger partial charge in [-0.3, -0.25) is 10.1 Å². The van der Waals surface area contributed by atoms with E-state index in [0.29, 0.717) is 19.1 Å². The minimum atomic E-state index is -0.498. The topological polar surface area (TPSA) is 116 Å². The van der Waals surface area contributed by atoms with Gasteiger partial charge in [0.05, 0.1) is 11.5 Å². The van der Waals surface area contributed by atoms with E-state index >= 15 is 0 Å². The lowest BCUT2D eigenvalue weighted by molar-refractivity contribution is -0.385. The highest BCUT2D eigenvalue weighted by atomic mass is 16.6. The third-order valence-electron chi connectivity index (χ3n) is 2.84. The van der Waals surface area contributed by atoms with Crippen molar-refractivity contribution >= 4 is 17.5 Å². The lowest BCUT2D eigenvalue weighted by Gasteiger charge is -2.11. The zero-order chi connectivity index (χ0) is 13.1. The van der Waals surface area contributed by atoms with Crippen molar-refractivity contribution in [2.45, 2.75) is 13.3 Å². The first kappa shape index (κ1) is 12.5. The fourth-order valence-electron chi connectivity index (χ4n) is 1.92. The Kier molecular flexibility index (Phi) is 3.56. The minimum Gasteiger partial charge on any atom is -0.381 e. The van der Waals surface area contributed by atoms with Gasteiger partial charge in [0, 0.05) is 19.1 Å². The molecular weight excluding hydrogens is 238 g/mol. The van der Waals surface area contributed by atoms with Crippen molar-refractivity contribution in [1.82, 2.24) is 9.97 Å². The predicted molar refractivity (Wildman–Crippen MR) is 65.3 cm³/mol. The van der Waals surface area contributed by atoms with Crippen LogP contribution >= 0.6 is 0 Å². The molecule has 98 valence electrons. The van der Waals surface area contributed by atoms with Crippen LogP contribution in [-0.2, 0) is 4.74 Å². The molecule has 0 aliphatic carbocycles. The maximum Gasteiger partial charge on any atom is 0.332 e. The molecule has 1 aliphatic heterocycles. The summed E-state index contributed by atoms with van der Waals surface area (Å²) in [7, 11) is 0. The van der Waals surface area contributed by atoms with Crippen LogP contribution < -0.4 is 11.1 Å². The van der Waals surface area contributed by atoms with Gasteiger partial charge in [-0.2, -0.15) is 4.98 Å². The van der Waals surface area contributed by atoms with Crippen molar-refractivity contribution in [3.63, 3.8) is 0 Å². The summed E-state index contributed by atoms with van der Waals surface area (Å²) in [5.41, 5.74) is 5.64. The van der Waals surface area contributed by atoms with Crippen LogP contribution in [0.25, 0.3) is 0 Å². The van der Waals surface area contributed by atoms with E-state index in [1.807, 2.05) is 0 Å². The molecule has 0 saturated carbocycles. The van der Waals surface area contributed by atoms with Crippen LogP contribution in [0.3, 0.4) is 0 Å². The number of hydrogen-bond donors (Lipinski definition) is 2. The SMILES string of the molecule is Cc1nc(N)nc(NCC2CCOC2)c1[N+](=O)[O-]. The molecule has 8 nitrogen and oxygen atoms in total. The summed E-state index contributed by atoms with van der Waals surface area (Å²) in [4.78, 5) is 18.2. The second kappa shape index (κ2) is 5.13. The average molecular weight is 253 g/mol. The molecule has 1 aromatic heterocycles. The highest BCUT2D eigenvalue weighted by Crippen LogP contribution is 2.26. The minimum absolute atomic E-state index is 0.0308. The molecule has 2 rings (SSSR count). The maximum atomic E-state index is 11.0. The number of aryl methyl sites for hydroxylation is 1. The summed E-state index contributed by atoms with van der Waals surface area (Å²) in [6.45, 7) is 3.52. The van der Waals surface area contributed by atoms with Crippen molar-refractivity contribution in [2.24, 2.45) is 5.92 Å². The van der Waals surface area contributed by atoms with Crippen LogP contribution in [0, 0.1) is 23.0 Å². The third kappa shape index (κ3) is 2.65. The van der Waals surface area contributed by atoms with Gasteiger partial charge in [-0.1, -0.05) is 0 Å². The van der Waals surface area contributed by atoms with Crippen molar-refractivity contribution in [3.8, 4) is 0 Å². The van der Waals surface area contributed by atoms with Crippen molar-refractivity contribution < 1.29 is 9.66 Å². The van der Waals surface area contributed by atoms with Crippen LogP contribution in [0.4, 0.5) is 17.5 Å². The summed E-state index contributed by atoms with van der Waals surface area (Å²) in [6.07, 6.45) is 0.945. The van der Waals surface area contributed by atoms with Crippen LogP contribution in [0.1, 0.15) is 12.1 Å². The fourth-order valence-corrected chi connectivity index (χ4v) is 1.92. The van der Waals surface area contributed by atoms with E-state index < -0.39 is 4.92 Å². The Labute approximate surface area is 104 Å². The standard InChI is InChI=1S/C10H15N5O3/c1-6-8(15(16)17)9(14-10(11)13-6)12-4-7-2-3-18-5-7/h7H,2-5H2,1H3,(H3,11,12,13,14). The van der Waals surface area contributed by atoms with E-state index in [2.05, 4.69) is 15.3 Å². The number of nitrogens with one attached hydrogen (secondary N) is 1. The number of rotatable bonds is 4. The summed E-state index contributed by atoms with van der Waals surface area (Å²) < 4.78 is 5.24. The Hall–Kier alpha value is -1.96. The number of ether oxygens (including phenoxy) is 1. The number of nitrogens with two attached hydrogens (primary N) is 1. The molecule has 2 heterocycles. The number of anilines is 2. The number of nitrogen functional groups attached to an aromatic ring is 1. The Morgan fingerprint density at radius 2 is 2.39 bits per heavy atom. The van der Waals surface area contributed by atoms with Gasteiger partial charge in [-0.15, -0.1) is 0 Å². The fraction of sp³-hybridized carbons (Fsp3) is 0.600. The Morgan fingerprint density at radius 1 is 1.61 bits per heavy atom. The summed E-state index contributed by atoms with van der Waals surface area (Å²) in [6, 6.07) is 0. The van der Waals surface area contributed by atoms with Crippen LogP contribution in [0.2, 0.25) is 0 Å². The van der Waals surface area contributed by atoms with E-state index in [-0.39, 0.29) is 23.1 Å². The normalized spacial score (nSPS) is 18.8. The van der Waals surface area contributed by atoms with Gasteiger partial charge in [0.25, 0.3) is 0 Å². The van der Waals surface area contributed by atoms with Crippen molar-refractivity contribution in [3.05, 3.63) is 15.8 Å². The Balaban J connectivity index is 2.16. The molecule has 1 aliphatic rings. The second-order valence-electron chi connectivity index (χ2n) is 4.23. The molecule has 1 unspecified atom stereocenters. The molecule has 1 saturated heterocycles. The summed E-state index contributed by atoms with van der Waals surface area (Å²) >= 11 is 0. The van der Waals surface area contributed by atoms with Gasteiger partial charge in [-0.25, -0.2) is 4.98 Å². The van der Waals surface area contributed by atoms with Gasteiger partial charge < -0.3 is 15.8 Å². The van der Waals surface area contributed by atoms with E-state index in [1.165, 1.54) is 0 Å². The van der Waals surface area contributed by atoms with Crippen LogP contribution in [0.15, 0.2) is 0 Å². The number of hydrogen-bond acceptors (Lipinski definition) is 7. The smallest absolute Gasteiger partial charge is 0.332 e. The predicted octanol–water partition coefficient (Wildman–Crippen LogP) is 0.724. The molecule has 1 aromatic rings. The first-order valence-electron chi connectivity index (χ1n) is 5.68. The first-order valence-corrected chi connectivity index (χ1v) is 5.68. The van der Waals surface area contributed by atoms with Crippen molar-refractivity contribution in [1.29, 1.82) is 0 Å². The molecule has 8 heteroatoms. The third-order valence-corrected chi connectivity index (χ3v) is 2.84. The summed E-state index contributed by atoms with van der Waals surface area (Å²) in [5, 5.41) is 13.9. The average Bonchev–Trinajstić information content (AvgIpc) is 2.77. The molecule has 0 spiro atoms. The van der Waals surface area contributed by atoms with Crippen LogP contribution in [-0.4, -0.2) is 34.6 Å². The van der Waals surface area contributed by atoms with Gasteiger partial charge in [0.2, 0.25) is 11.8 Å².